The highest BCUT2D eigenvalue weighted by Gasteiger charge is 2.08. The molecule has 0 saturated heterocycles. The van der Waals surface area contributed by atoms with E-state index in [1.807, 2.05) is 0 Å². The molecule has 0 radical (unpaired) electrons. The molecule has 0 aliphatic rings. The Kier molecular flexibility index (Phi) is 9.40. The molecule has 98 valence electrons. The fraction of sp³-hybridized carbons (Fsp3) is 1.00. The average molecular weight is 269 g/mol. The number of hydrogen-bond acceptors (Lipinski definition) is 4. The molecule has 0 spiro atoms. The molecule has 16 heavy (non-hydrogen) atoms. The van der Waals surface area contributed by atoms with Crippen molar-refractivity contribution < 1.29 is 13.0 Å². The molecule has 0 fully saturated rings. The van der Waals surface area contributed by atoms with Crippen molar-refractivity contribution in [3.05, 3.63) is 0 Å². The Morgan fingerprint density at radius 2 is 1.94 bits per heavy atom. The standard InChI is InChI=1S/C10H23NO3S2/c1-3-5-7-10(6-4-2)11-8-9-15-16(12,13)14/h10-11H,3-9H2,1-2H3,(H,12,13,14). The number of rotatable bonds is 10. The van der Waals surface area contributed by atoms with E-state index in [0.29, 0.717) is 29.1 Å². The molecule has 0 aromatic heterocycles. The van der Waals surface area contributed by atoms with Crippen LogP contribution in [0.2, 0.25) is 0 Å². The van der Waals surface area contributed by atoms with Gasteiger partial charge >= 0.3 is 9.15 Å². The van der Waals surface area contributed by atoms with Crippen LogP contribution in [-0.4, -0.2) is 31.3 Å². The topological polar surface area (TPSA) is 66.4 Å². The molecule has 0 aromatic rings. The van der Waals surface area contributed by atoms with E-state index in [0.717, 1.165) is 19.3 Å². The molecule has 0 heterocycles. The molecule has 0 aliphatic heterocycles. The first-order valence-electron chi connectivity index (χ1n) is 5.84. The van der Waals surface area contributed by atoms with Crippen molar-refractivity contribution in [2.75, 3.05) is 12.3 Å². The third-order valence-corrected chi connectivity index (χ3v) is 4.37. The van der Waals surface area contributed by atoms with Crippen LogP contribution in [0.4, 0.5) is 0 Å². The molecule has 0 bridgehead atoms. The maximum Gasteiger partial charge on any atom is 0.319 e. The van der Waals surface area contributed by atoms with E-state index in [9.17, 15) is 8.42 Å². The molecule has 1 unspecified atom stereocenters. The lowest BCUT2D eigenvalue weighted by molar-refractivity contribution is 0.446. The van der Waals surface area contributed by atoms with Gasteiger partial charge in [0.15, 0.2) is 0 Å². The number of nitrogens with one attached hydrogen (secondary N) is 1. The molecule has 0 aromatic carbocycles. The Bertz CT molecular complexity index is 255. The Morgan fingerprint density at radius 1 is 1.25 bits per heavy atom. The monoisotopic (exact) mass is 269 g/mol. The summed E-state index contributed by atoms with van der Waals surface area (Å²) in [5.74, 6) is 0.394. The SMILES string of the molecule is CCCCC(CCC)NCCSS(=O)(=O)O. The van der Waals surface area contributed by atoms with Gasteiger partial charge in [-0.2, -0.15) is 8.42 Å². The zero-order valence-corrected chi connectivity index (χ0v) is 11.7. The van der Waals surface area contributed by atoms with E-state index < -0.39 is 9.15 Å². The maximum atomic E-state index is 10.5. The van der Waals surface area contributed by atoms with Crippen LogP contribution < -0.4 is 5.32 Å². The molecule has 0 aliphatic carbocycles. The van der Waals surface area contributed by atoms with E-state index in [2.05, 4.69) is 19.2 Å². The van der Waals surface area contributed by atoms with Crippen molar-refractivity contribution in [2.45, 2.75) is 52.0 Å². The van der Waals surface area contributed by atoms with E-state index in [4.69, 9.17) is 4.55 Å². The van der Waals surface area contributed by atoms with E-state index >= 15 is 0 Å². The van der Waals surface area contributed by atoms with Gasteiger partial charge in [0.05, 0.1) is 0 Å². The molecule has 0 amide bonds. The van der Waals surface area contributed by atoms with Crippen LogP contribution in [0.3, 0.4) is 0 Å². The van der Waals surface area contributed by atoms with Gasteiger partial charge in [0.25, 0.3) is 0 Å². The minimum atomic E-state index is -3.87. The summed E-state index contributed by atoms with van der Waals surface area (Å²) in [5, 5.41) is 3.33. The van der Waals surface area contributed by atoms with Crippen molar-refractivity contribution in [3.8, 4) is 0 Å². The fourth-order valence-corrected chi connectivity index (χ4v) is 2.85. The summed E-state index contributed by atoms with van der Waals surface area (Å²) in [6.45, 7) is 4.93. The predicted molar refractivity (Wildman–Crippen MR) is 70.2 cm³/mol. The van der Waals surface area contributed by atoms with Crippen molar-refractivity contribution in [2.24, 2.45) is 0 Å². The second-order valence-corrected chi connectivity index (χ2v) is 7.30. The Hall–Kier alpha value is 0.220. The van der Waals surface area contributed by atoms with Crippen molar-refractivity contribution in [3.63, 3.8) is 0 Å². The molecule has 2 N–H and O–H groups in total. The van der Waals surface area contributed by atoms with Crippen LogP contribution in [0.5, 0.6) is 0 Å². The second-order valence-electron chi connectivity index (χ2n) is 3.83. The number of unbranched alkanes of at least 4 members (excludes halogenated alkanes) is 1. The minimum Gasteiger partial charge on any atom is -0.313 e. The Morgan fingerprint density at radius 3 is 2.44 bits per heavy atom. The van der Waals surface area contributed by atoms with Crippen LogP contribution in [-0.2, 0) is 9.15 Å². The zero-order valence-electron chi connectivity index (χ0n) is 10.1. The van der Waals surface area contributed by atoms with Gasteiger partial charge in [0, 0.05) is 18.3 Å². The minimum absolute atomic E-state index is 0.394. The quantitative estimate of drug-likeness (QED) is 0.362. The summed E-state index contributed by atoms with van der Waals surface area (Å²) in [6.07, 6.45) is 5.77. The van der Waals surface area contributed by atoms with Crippen molar-refractivity contribution in [1.29, 1.82) is 0 Å². The lowest BCUT2D eigenvalue weighted by Gasteiger charge is -2.17. The van der Waals surface area contributed by atoms with Gasteiger partial charge in [0.2, 0.25) is 0 Å². The first-order valence-corrected chi connectivity index (χ1v) is 8.79. The predicted octanol–water partition coefficient (Wildman–Crippen LogP) is 2.47. The van der Waals surface area contributed by atoms with Crippen LogP contribution in [0.15, 0.2) is 0 Å². The van der Waals surface area contributed by atoms with Crippen LogP contribution in [0.25, 0.3) is 0 Å². The molecular weight excluding hydrogens is 246 g/mol. The van der Waals surface area contributed by atoms with Gasteiger partial charge < -0.3 is 5.32 Å². The third kappa shape index (κ3) is 10.7. The third-order valence-electron chi connectivity index (χ3n) is 2.31. The highest BCUT2D eigenvalue weighted by molar-refractivity contribution is 8.69. The summed E-state index contributed by atoms with van der Waals surface area (Å²) in [7, 11) is -3.29. The lowest BCUT2D eigenvalue weighted by Crippen LogP contribution is -2.31. The molecule has 4 nitrogen and oxygen atoms in total. The first kappa shape index (κ1) is 16.2. The van der Waals surface area contributed by atoms with Gasteiger partial charge in [-0.3, -0.25) is 4.55 Å². The van der Waals surface area contributed by atoms with Crippen LogP contribution >= 0.6 is 10.8 Å². The molecular formula is C10H23NO3S2. The molecule has 0 saturated carbocycles. The molecule has 1 atom stereocenters. The van der Waals surface area contributed by atoms with E-state index in [-0.39, 0.29) is 0 Å². The van der Waals surface area contributed by atoms with Gasteiger partial charge in [0.1, 0.15) is 0 Å². The van der Waals surface area contributed by atoms with Gasteiger partial charge in [-0.1, -0.05) is 33.1 Å². The Labute approximate surface area is 103 Å². The maximum absolute atomic E-state index is 10.5. The normalized spacial score (nSPS) is 13.9. The van der Waals surface area contributed by atoms with Crippen molar-refractivity contribution >= 4 is 19.9 Å². The van der Waals surface area contributed by atoms with Crippen LogP contribution in [0.1, 0.15) is 46.0 Å². The van der Waals surface area contributed by atoms with Crippen molar-refractivity contribution in [1.82, 2.24) is 5.32 Å². The highest BCUT2D eigenvalue weighted by Crippen LogP contribution is 2.09. The molecule has 0 rings (SSSR count). The number of hydrogen-bond donors (Lipinski definition) is 2. The summed E-state index contributed by atoms with van der Waals surface area (Å²) in [4.78, 5) is 0. The van der Waals surface area contributed by atoms with Gasteiger partial charge in [-0.15, -0.1) is 0 Å². The van der Waals surface area contributed by atoms with Crippen LogP contribution in [0, 0.1) is 0 Å². The summed E-state index contributed by atoms with van der Waals surface area (Å²) in [6, 6.07) is 0.479. The van der Waals surface area contributed by atoms with Gasteiger partial charge in [-0.25, -0.2) is 0 Å². The van der Waals surface area contributed by atoms with Gasteiger partial charge in [-0.05, 0) is 23.6 Å². The zero-order chi connectivity index (χ0) is 12.4. The fourth-order valence-electron chi connectivity index (χ4n) is 1.56. The summed E-state index contributed by atoms with van der Waals surface area (Å²) in [5.41, 5.74) is 0. The lowest BCUT2D eigenvalue weighted by atomic mass is 10.1. The highest BCUT2D eigenvalue weighted by atomic mass is 33.1. The summed E-state index contributed by atoms with van der Waals surface area (Å²) >= 11 is 0. The summed E-state index contributed by atoms with van der Waals surface area (Å²) < 4.78 is 29.5. The first-order chi connectivity index (χ1) is 7.49. The average Bonchev–Trinajstić information content (AvgIpc) is 2.19. The smallest absolute Gasteiger partial charge is 0.313 e. The van der Waals surface area contributed by atoms with E-state index in [1.165, 1.54) is 12.8 Å². The Balaban J connectivity index is 3.66. The van der Waals surface area contributed by atoms with E-state index in [1.54, 1.807) is 0 Å². The largest absolute Gasteiger partial charge is 0.319 e. The second kappa shape index (κ2) is 9.27. The molecule has 6 heteroatoms.